The predicted octanol–water partition coefficient (Wildman–Crippen LogP) is 2.57. The fourth-order valence-corrected chi connectivity index (χ4v) is 3.58. The Bertz CT molecular complexity index is 453. The topological polar surface area (TPSA) is 55.1 Å². The standard InChI is InChI=1S/C17H24N2O/c18-16-8-4-7-13(16)11-17(20)19-15-9-14(10-15)12-5-2-1-3-6-12/h1-3,5-6,13-16H,4,7-11,18H2,(H,19,20)/t13-,14?,15?,16+/m0/s1. The van der Waals surface area contributed by atoms with Gasteiger partial charge in [-0.2, -0.15) is 0 Å². The van der Waals surface area contributed by atoms with Crippen LogP contribution >= 0.6 is 0 Å². The minimum atomic E-state index is 0.198. The number of rotatable bonds is 4. The van der Waals surface area contributed by atoms with Gasteiger partial charge in [0.05, 0.1) is 0 Å². The Hall–Kier alpha value is -1.35. The van der Waals surface area contributed by atoms with Crippen LogP contribution in [0.2, 0.25) is 0 Å². The van der Waals surface area contributed by atoms with Gasteiger partial charge >= 0.3 is 0 Å². The van der Waals surface area contributed by atoms with Crippen LogP contribution in [0, 0.1) is 5.92 Å². The summed E-state index contributed by atoms with van der Waals surface area (Å²) in [5, 5.41) is 3.17. The van der Waals surface area contributed by atoms with E-state index in [-0.39, 0.29) is 11.9 Å². The molecule has 0 aliphatic heterocycles. The van der Waals surface area contributed by atoms with Crippen LogP contribution in [0.3, 0.4) is 0 Å². The molecule has 2 aliphatic rings. The van der Waals surface area contributed by atoms with Crippen LogP contribution < -0.4 is 11.1 Å². The lowest BCUT2D eigenvalue weighted by molar-refractivity contribution is -0.123. The molecule has 2 fully saturated rings. The SMILES string of the molecule is N[C@@H]1CCC[C@H]1CC(=O)NC1CC(c2ccccc2)C1. The quantitative estimate of drug-likeness (QED) is 0.885. The van der Waals surface area contributed by atoms with Gasteiger partial charge in [-0.05, 0) is 43.1 Å². The minimum Gasteiger partial charge on any atom is -0.353 e. The molecular formula is C17H24N2O. The van der Waals surface area contributed by atoms with Crippen molar-refractivity contribution in [1.82, 2.24) is 5.32 Å². The Balaban J connectivity index is 1.41. The van der Waals surface area contributed by atoms with Gasteiger partial charge < -0.3 is 11.1 Å². The summed E-state index contributed by atoms with van der Waals surface area (Å²) in [5.74, 6) is 1.22. The molecular weight excluding hydrogens is 248 g/mol. The summed E-state index contributed by atoms with van der Waals surface area (Å²) in [6.07, 6.45) is 6.15. The van der Waals surface area contributed by atoms with E-state index in [0.717, 1.165) is 25.7 Å². The van der Waals surface area contributed by atoms with Crippen molar-refractivity contribution in [2.24, 2.45) is 11.7 Å². The number of carbonyl (C=O) groups is 1. The molecule has 2 atom stereocenters. The first-order valence-corrected chi connectivity index (χ1v) is 7.82. The number of benzene rings is 1. The van der Waals surface area contributed by atoms with Crippen LogP contribution in [0.15, 0.2) is 30.3 Å². The van der Waals surface area contributed by atoms with Gasteiger partial charge in [-0.25, -0.2) is 0 Å². The molecule has 0 saturated heterocycles. The zero-order valence-corrected chi connectivity index (χ0v) is 11.9. The third-order valence-corrected chi connectivity index (χ3v) is 4.94. The molecule has 2 saturated carbocycles. The monoisotopic (exact) mass is 272 g/mol. The van der Waals surface area contributed by atoms with Crippen molar-refractivity contribution in [3.8, 4) is 0 Å². The maximum Gasteiger partial charge on any atom is 0.220 e. The lowest BCUT2D eigenvalue weighted by Crippen LogP contribution is -2.44. The molecule has 3 N–H and O–H groups in total. The van der Waals surface area contributed by atoms with Crippen molar-refractivity contribution >= 4 is 5.91 Å². The van der Waals surface area contributed by atoms with Gasteiger partial charge in [0.1, 0.15) is 0 Å². The highest BCUT2D eigenvalue weighted by molar-refractivity contribution is 5.76. The average Bonchev–Trinajstić information content (AvgIpc) is 2.80. The van der Waals surface area contributed by atoms with Crippen LogP contribution in [-0.2, 0) is 4.79 Å². The van der Waals surface area contributed by atoms with Gasteiger partial charge in [-0.3, -0.25) is 4.79 Å². The maximum atomic E-state index is 12.0. The van der Waals surface area contributed by atoms with Gasteiger partial charge in [0.2, 0.25) is 5.91 Å². The molecule has 1 amide bonds. The molecule has 0 bridgehead atoms. The number of carbonyl (C=O) groups excluding carboxylic acids is 1. The summed E-state index contributed by atoms with van der Waals surface area (Å²) in [6, 6.07) is 11.2. The molecule has 0 heterocycles. The molecule has 0 spiro atoms. The van der Waals surface area contributed by atoms with E-state index in [2.05, 4.69) is 29.6 Å². The number of amides is 1. The fraction of sp³-hybridized carbons (Fsp3) is 0.588. The van der Waals surface area contributed by atoms with Gasteiger partial charge in [0, 0.05) is 18.5 Å². The largest absolute Gasteiger partial charge is 0.353 e. The van der Waals surface area contributed by atoms with E-state index < -0.39 is 0 Å². The van der Waals surface area contributed by atoms with E-state index in [1.165, 1.54) is 12.0 Å². The molecule has 3 heteroatoms. The molecule has 2 aliphatic carbocycles. The number of hydrogen-bond donors (Lipinski definition) is 2. The summed E-state index contributed by atoms with van der Waals surface area (Å²) in [4.78, 5) is 12.0. The van der Waals surface area contributed by atoms with Gasteiger partial charge in [-0.15, -0.1) is 0 Å². The molecule has 0 aromatic heterocycles. The Morgan fingerprint density at radius 1 is 1.20 bits per heavy atom. The third kappa shape index (κ3) is 3.04. The molecule has 1 aromatic carbocycles. The van der Waals surface area contributed by atoms with E-state index in [1.807, 2.05) is 6.07 Å². The molecule has 3 rings (SSSR count). The van der Waals surface area contributed by atoms with Crippen molar-refractivity contribution in [3.05, 3.63) is 35.9 Å². The normalized spacial score (nSPS) is 32.6. The van der Waals surface area contributed by atoms with E-state index in [0.29, 0.717) is 24.3 Å². The van der Waals surface area contributed by atoms with E-state index in [1.54, 1.807) is 0 Å². The van der Waals surface area contributed by atoms with Crippen LogP contribution in [0.1, 0.15) is 50.0 Å². The zero-order valence-electron chi connectivity index (χ0n) is 11.9. The smallest absolute Gasteiger partial charge is 0.220 e. The number of nitrogens with one attached hydrogen (secondary N) is 1. The van der Waals surface area contributed by atoms with Crippen molar-refractivity contribution in [2.45, 2.75) is 56.5 Å². The fourth-order valence-electron chi connectivity index (χ4n) is 3.58. The van der Waals surface area contributed by atoms with E-state index >= 15 is 0 Å². The Morgan fingerprint density at radius 2 is 1.95 bits per heavy atom. The van der Waals surface area contributed by atoms with Crippen LogP contribution in [0.4, 0.5) is 0 Å². The third-order valence-electron chi connectivity index (χ3n) is 4.94. The van der Waals surface area contributed by atoms with Gasteiger partial charge in [0.15, 0.2) is 0 Å². The van der Waals surface area contributed by atoms with Gasteiger partial charge in [-0.1, -0.05) is 36.8 Å². The molecule has 0 unspecified atom stereocenters. The Morgan fingerprint density at radius 3 is 2.60 bits per heavy atom. The van der Waals surface area contributed by atoms with Crippen molar-refractivity contribution < 1.29 is 4.79 Å². The van der Waals surface area contributed by atoms with Crippen LogP contribution in [-0.4, -0.2) is 18.0 Å². The average molecular weight is 272 g/mol. The lowest BCUT2D eigenvalue weighted by atomic mass is 9.76. The van der Waals surface area contributed by atoms with Crippen molar-refractivity contribution in [3.63, 3.8) is 0 Å². The van der Waals surface area contributed by atoms with E-state index in [4.69, 9.17) is 5.73 Å². The molecule has 0 radical (unpaired) electrons. The highest BCUT2D eigenvalue weighted by atomic mass is 16.1. The minimum absolute atomic E-state index is 0.198. The number of nitrogens with two attached hydrogens (primary N) is 1. The van der Waals surface area contributed by atoms with Crippen molar-refractivity contribution in [1.29, 1.82) is 0 Å². The summed E-state index contributed by atoms with van der Waals surface area (Å²) >= 11 is 0. The van der Waals surface area contributed by atoms with Gasteiger partial charge in [0.25, 0.3) is 0 Å². The second-order valence-corrected chi connectivity index (χ2v) is 6.40. The molecule has 3 nitrogen and oxygen atoms in total. The first-order valence-electron chi connectivity index (χ1n) is 7.82. The Kier molecular flexibility index (Phi) is 4.06. The van der Waals surface area contributed by atoms with Crippen molar-refractivity contribution in [2.75, 3.05) is 0 Å². The summed E-state index contributed by atoms with van der Waals surface area (Å²) in [5.41, 5.74) is 7.42. The number of hydrogen-bond acceptors (Lipinski definition) is 2. The highest BCUT2D eigenvalue weighted by Gasteiger charge is 2.32. The van der Waals surface area contributed by atoms with Crippen LogP contribution in [0.5, 0.6) is 0 Å². The summed E-state index contributed by atoms with van der Waals surface area (Å²) in [6.45, 7) is 0. The second-order valence-electron chi connectivity index (χ2n) is 6.40. The second kappa shape index (κ2) is 5.96. The summed E-state index contributed by atoms with van der Waals surface area (Å²) in [7, 11) is 0. The molecule has 108 valence electrons. The lowest BCUT2D eigenvalue weighted by Gasteiger charge is -2.36. The first kappa shape index (κ1) is 13.6. The Labute approximate surface area is 120 Å². The maximum absolute atomic E-state index is 12.0. The predicted molar refractivity (Wildman–Crippen MR) is 80.3 cm³/mol. The molecule has 20 heavy (non-hydrogen) atoms. The van der Waals surface area contributed by atoms with Crippen LogP contribution in [0.25, 0.3) is 0 Å². The zero-order chi connectivity index (χ0) is 13.9. The first-order chi connectivity index (χ1) is 9.72. The van der Waals surface area contributed by atoms with E-state index in [9.17, 15) is 4.79 Å². The molecule has 1 aromatic rings. The summed E-state index contributed by atoms with van der Waals surface area (Å²) < 4.78 is 0. The highest BCUT2D eigenvalue weighted by Crippen LogP contribution is 2.37.